The number of anilines is 1. The van der Waals surface area contributed by atoms with Crippen molar-refractivity contribution in [3.63, 3.8) is 0 Å². The molecule has 1 amide bonds. The van der Waals surface area contributed by atoms with E-state index in [1.807, 2.05) is 11.4 Å². The number of piperazine rings is 1. The second-order valence-corrected chi connectivity index (χ2v) is 7.04. The summed E-state index contributed by atoms with van der Waals surface area (Å²) in [6, 6.07) is 1.23. The summed E-state index contributed by atoms with van der Waals surface area (Å²) in [6.45, 7) is 1.88. The molecule has 2 aromatic heterocycles. The molecule has 4 heterocycles. The van der Waals surface area contributed by atoms with Gasteiger partial charge in [0, 0.05) is 32.6 Å². The number of carbonyl (C=O) groups is 1. The van der Waals surface area contributed by atoms with Crippen molar-refractivity contribution in [2.24, 2.45) is 0 Å². The SMILES string of the molecule is Cl.Cl.O=C(C1CC(F)(F)CN1)N1CCN(c2ncnc3sccc23)CC1. The molecule has 4 rings (SSSR count). The van der Waals surface area contributed by atoms with E-state index in [0.29, 0.717) is 26.2 Å². The zero-order chi connectivity index (χ0) is 16.7. The number of hydrogen-bond donors (Lipinski definition) is 1. The smallest absolute Gasteiger partial charge is 0.262 e. The Balaban J connectivity index is 0.00000121. The minimum atomic E-state index is -2.78. The van der Waals surface area contributed by atoms with Crippen LogP contribution < -0.4 is 10.2 Å². The van der Waals surface area contributed by atoms with Crippen LogP contribution in [0.1, 0.15) is 6.42 Å². The van der Waals surface area contributed by atoms with E-state index < -0.39 is 24.9 Å². The third kappa shape index (κ3) is 4.00. The van der Waals surface area contributed by atoms with Gasteiger partial charge in [-0.1, -0.05) is 0 Å². The number of alkyl halides is 2. The number of fused-ring (bicyclic) bond motifs is 1. The van der Waals surface area contributed by atoms with Crippen LogP contribution >= 0.6 is 36.2 Å². The maximum atomic E-state index is 13.3. The van der Waals surface area contributed by atoms with Crippen LogP contribution in [0, 0.1) is 0 Å². The van der Waals surface area contributed by atoms with Gasteiger partial charge in [0.25, 0.3) is 5.92 Å². The molecule has 11 heteroatoms. The lowest BCUT2D eigenvalue weighted by Crippen LogP contribution is -2.53. The van der Waals surface area contributed by atoms with Gasteiger partial charge in [0.15, 0.2) is 0 Å². The van der Waals surface area contributed by atoms with Crippen molar-refractivity contribution in [2.75, 3.05) is 37.6 Å². The molecule has 0 spiro atoms. The summed E-state index contributed by atoms with van der Waals surface area (Å²) in [7, 11) is 0. The number of halogens is 4. The zero-order valence-corrected chi connectivity index (χ0v) is 16.2. The summed E-state index contributed by atoms with van der Waals surface area (Å²) in [6.07, 6.45) is 1.14. The third-order valence-electron chi connectivity index (χ3n) is 4.54. The molecule has 6 nitrogen and oxygen atoms in total. The van der Waals surface area contributed by atoms with E-state index in [1.165, 1.54) is 0 Å². The molecular weight excluding hydrogens is 407 g/mol. The van der Waals surface area contributed by atoms with Crippen LogP contribution in [-0.2, 0) is 4.79 Å². The Morgan fingerprint density at radius 2 is 1.96 bits per heavy atom. The molecule has 2 fully saturated rings. The van der Waals surface area contributed by atoms with Gasteiger partial charge in [0.05, 0.1) is 18.0 Å². The Labute approximate surface area is 165 Å². The largest absolute Gasteiger partial charge is 0.352 e. The van der Waals surface area contributed by atoms with E-state index in [-0.39, 0.29) is 30.7 Å². The average Bonchev–Trinajstić information content (AvgIpc) is 3.20. The first-order valence-corrected chi connectivity index (χ1v) is 8.75. The van der Waals surface area contributed by atoms with Crippen LogP contribution in [0.4, 0.5) is 14.6 Å². The standard InChI is InChI=1S/C15H17F2N5OS.2ClH/c16-15(17)7-11(18-8-15)14(23)22-4-2-21(3-5-22)12-10-1-6-24-13(10)20-9-19-12;;/h1,6,9,11,18H,2-5,7-8H2;2*1H. The van der Waals surface area contributed by atoms with E-state index in [9.17, 15) is 13.6 Å². The second-order valence-electron chi connectivity index (χ2n) is 6.14. The quantitative estimate of drug-likeness (QED) is 0.798. The van der Waals surface area contributed by atoms with Crippen LogP contribution in [0.5, 0.6) is 0 Å². The highest BCUT2D eigenvalue weighted by molar-refractivity contribution is 7.16. The maximum Gasteiger partial charge on any atom is 0.262 e. The topological polar surface area (TPSA) is 61.4 Å². The summed E-state index contributed by atoms with van der Waals surface area (Å²) < 4.78 is 26.5. The molecule has 144 valence electrons. The lowest BCUT2D eigenvalue weighted by Gasteiger charge is -2.36. The first kappa shape index (κ1) is 21.0. The van der Waals surface area contributed by atoms with Crippen molar-refractivity contribution in [2.45, 2.75) is 18.4 Å². The van der Waals surface area contributed by atoms with Gasteiger partial charge in [0.2, 0.25) is 5.91 Å². The summed E-state index contributed by atoms with van der Waals surface area (Å²) in [5.74, 6) is -2.14. The third-order valence-corrected chi connectivity index (χ3v) is 5.36. The van der Waals surface area contributed by atoms with Gasteiger partial charge in [-0.3, -0.25) is 10.1 Å². The number of hydrogen-bond acceptors (Lipinski definition) is 6. The molecule has 1 unspecified atom stereocenters. The lowest BCUT2D eigenvalue weighted by molar-refractivity contribution is -0.134. The molecule has 26 heavy (non-hydrogen) atoms. The van der Waals surface area contributed by atoms with Crippen molar-refractivity contribution in [3.05, 3.63) is 17.8 Å². The van der Waals surface area contributed by atoms with Crippen molar-refractivity contribution in [1.82, 2.24) is 20.2 Å². The fourth-order valence-electron chi connectivity index (χ4n) is 3.28. The van der Waals surface area contributed by atoms with Gasteiger partial charge >= 0.3 is 0 Å². The molecule has 2 aliphatic heterocycles. The van der Waals surface area contributed by atoms with Crippen LogP contribution in [0.15, 0.2) is 17.8 Å². The van der Waals surface area contributed by atoms with E-state index in [1.54, 1.807) is 22.6 Å². The average molecular weight is 426 g/mol. The highest BCUT2D eigenvalue weighted by Gasteiger charge is 2.43. The van der Waals surface area contributed by atoms with Gasteiger partial charge in [-0.05, 0) is 11.4 Å². The fourth-order valence-corrected chi connectivity index (χ4v) is 4.01. The van der Waals surface area contributed by atoms with E-state index in [2.05, 4.69) is 20.2 Å². The summed E-state index contributed by atoms with van der Waals surface area (Å²) in [4.78, 5) is 25.7. The number of nitrogens with one attached hydrogen (secondary N) is 1. The monoisotopic (exact) mass is 425 g/mol. The van der Waals surface area contributed by atoms with Crippen LogP contribution in [-0.4, -0.2) is 65.5 Å². The Hall–Kier alpha value is -1.29. The van der Waals surface area contributed by atoms with Crippen molar-refractivity contribution in [1.29, 1.82) is 0 Å². The van der Waals surface area contributed by atoms with Gasteiger partial charge < -0.3 is 9.80 Å². The predicted molar refractivity (Wildman–Crippen MR) is 102 cm³/mol. The molecule has 2 saturated heterocycles. The Morgan fingerprint density at radius 3 is 2.62 bits per heavy atom. The van der Waals surface area contributed by atoms with E-state index >= 15 is 0 Å². The number of aromatic nitrogens is 2. The van der Waals surface area contributed by atoms with E-state index in [0.717, 1.165) is 16.0 Å². The second kappa shape index (κ2) is 8.16. The van der Waals surface area contributed by atoms with Crippen molar-refractivity contribution >= 4 is 58.1 Å². The first-order chi connectivity index (χ1) is 11.5. The lowest BCUT2D eigenvalue weighted by atomic mass is 10.1. The molecule has 0 bridgehead atoms. The number of amides is 1. The maximum absolute atomic E-state index is 13.3. The minimum absolute atomic E-state index is 0. The number of carbonyl (C=O) groups excluding carboxylic acids is 1. The van der Waals surface area contributed by atoms with Crippen molar-refractivity contribution in [3.8, 4) is 0 Å². The molecule has 1 atom stereocenters. The predicted octanol–water partition coefficient (Wildman–Crippen LogP) is 2.18. The summed E-state index contributed by atoms with van der Waals surface area (Å²) in [5.41, 5.74) is 0. The van der Waals surface area contributed by atoms with Crippen LogP contribution in [0.3, 0.4) is 0 Å². The summed E-state index contributed by atoms with van der Waals surface area (Å²) >= 11 is 1.57. The van der Waals surface area contributed by atoms with Gasteiger partial charge in [-0.25, -0.2) is 18.7 Å². The van der Waals surface area contributed by atoms with Crippen LogP contribution in [0.2, 0.25) is 0 Å². The zero-order valence-electron chi connectivity index (χ0n) is 13.7. The molecule has 1 N–H and O–H groups in total. The Morgan fingerprint density at radius 1 is 1.23 bits per heavy atom. The highest BCUT2D eigenvalue weighted by atomic mass is 35.5. The van der Waals surface area contributed by atoms with Gasteiger partial charge in [-0.2, -0.15) is 0 Å². The minimum Gasteiger partial charge on any atom is -0.352 e. The van der Waals surface area contributed by atoms with Crippen LogP contribution in [0.25, 0.3) is 10.2 Å². The number of nitrogens with zero attached hydrogens (tertiary/aromatic N) is 4. The molecule has 0 aliphatic carbocycles. The Bertz CT molecular complexity index is 769. The molecule has 0 radical (unpaired) electrons. The van der Waals surface area contributed by atoms with E-state index in [4.69, 9.17) is 0 Å². The summed E-state index contributed by atoms with van der Waals surface area (Å²) in [5, 5.41) is 5.63. The highest BCUT2D eigenvalue weighted by Crippen LogP contribution is 2.28. The Kier molecular flexibility index (Phi) is 6.60. The number of thiophene rings is 1. The normalized spacial score (nSPS) is 22.0. The number of rotatable bonds is 2. The van der Waals surface area contributed by atoms with Crippen molar-refractivity contribution < 1.29 is 13.6 Å². The molecule has 2 aliphatic rings. The first-order valence-electron chi connectivity index (χ1n) is 7.87. The fraction of sp³-hybridized carbons (Fsp3) is 0.533. The molecule has 2 aromatic rings. The van der Waals surface area contributed by atoms with Gasteiger partial charge in [0.1, 0.15) is 17.0 Å². The molecular formula is C15H19Cl2F2N5OS. The molecule has 0 saturated carbocycles. The molecule has 0 aromatic carbocycles. The van der Waals surface area contributed by atoms with Gasteiger partial charge in [-0.15, -0.1) is 36.2 Å².